The van der Waals surface area contributed by atoms with Crippen LogP contribution in [0.25, 0.3) is 6.08 Å². The van der Waals surface area contributed by atoms with Gasteiger partial charge in [-0.3, -0.25) is 14.4 Å². The Balaban J connectivity index is 1.88. The van der Waals surface area contributed by atoms with Gasteiger partial charge in [0.1, 0.15) is 12.4 Å². The second-order valence-corrected chi connectivity index (χ2v) is 6.66. The van der Waals surface area contributed by atoms with Crippen LogP contribution in [-0.4, -0.2) is 58.4 Å². The SMILES string of the molecule is CC(=O)N(CC(=O)O)C1CCCN(C(=O)C/C=C/c2ccc(F)cc2)CC1. The van der Waals surface area contributed by atoms with Gasteiger partial charge in [0.2, 0.25) is 11.8 Å². The molecule has 1 unspecified atom stereocenters. The van der Waals surface area contributed by atoms with Crippen molar-refractivity contribution in [2.45, 2.75) is 38.6 Å². The lowest BCUT2D eigenvalue weighted by molar-refractivity contribution is -0.145. The summed E-state index contributed by atoms with van der Waals surface area (Å²) in [6.07, 6.45) is 5.75. The summed E-state index contributed by atoms with van der Waals surface area (Å²) in [5.41, 5.74) is 0.825. The van der Waals surface area contributed by atoms with E-state index in [9.17, 15) is 18.8 Å². The molecular weight excluding hydrogens is 351 g/mol. The van der Waals surface area contributed by atoms with E-state index >= 15 is 0 Å². The highest BCUT2D eigenvalue weighted by Crippen LogP contribution is 2.18. The fraction of sp³-hybridized carbons (Fsp3) is 0.450. The second kappa shape index (κ2) is 9.85. The Kier molecular flexibility index (Phi) is 7.52. The lowest BCUT2D eigenvalue weighted by Gasteiger charge is -2.28. The van der Waals surface area contributed by atoms with Crippen LogP contribution in [0.15, 0.2) is 30.3 Å². The van der Waals surface area contributed by atoms with Gasteiger partial charge in [0.25, 0.3) is 0 Å². The summed E-state index contributed by atoms with van der Waals surface area (Å²) in [6, 6.07) is 5.87. The number of benzene rings is 1. The zero-order valence-electron chi connectivity index (χ0n) is 15.4. The highest BCUT2D eigenvalue weighted by molar-refractivity contribution is 5.80. The number of hydrogen-bond acceptors (Lipinski definition) is 3. The lowest BCUT2D eigenvalue weighted by atomic mass is 10.1. The molecule has 27 heavy (non-hydrogen) atoms. The molecule has 7 heteroatoms. The molecule has 2 amide bonds. The molecule has 1 aliphatic rings. The molecule has 0 aromatic heterocycles. The van der Waals surface area contributed by atoms with Crippen molar-refractivity contribution in [1.29, 1.82) is 0 Å². The van der Waals surface area contributed by atoms with Gasteiger partial charge in [-0.05, 0) is 37.0 Å². The lowest BCUT2D eigenvalue weighted by Crippen LogP contribution is -2.43. The smallest absolute Gasteiger partial charge is 0.323 e. The van der Waals surface area contributed by atoms with E-state index in [0.29, 0.717) is 25.9 Å². The third-order valence-corrected chi connectivity index (χ3v) is 4.67. The number of likely N-dealkylation sites (tertiary alicyclic amines) is 1. The van der Waals surface area contributed by atoms with Crippen molar-refractivity contribution in [2.75, 3.05) is 19.6 Å². The largest absolute Gasteiger partial charge is 0.480 e. The van der Waals surface area contributed by atoms with E-state index in [0.717, 1.165) is 12.0 Å². The van der Waals surface area contributed by atoms with Crippen LogP contribution in [-0.2, 0) is 14.4 Å². The van der Waals surface area contributed by atoms with Crippen molar-refractivity contribution >= 4 is 23.9 Å². The van der Waals surface area contributed by atoms with Crippen LogP contribution in [0.4, 0.5) is 4.39 Å². The van der Waals surface area contributed by atoms with E-state index in [2.05, 4.69) is 0 Å². The average Bonchev–Trinajstić information content (AvgIpc) is 2.87. The minimum atomic E-state index is -1.03. The summed E-state index contributed by atoms with van der Waals surface area (Å²) < 4.78 is 12.9. The van der Waals surface area contributed by atoms with Gasteiger partial charge >= 0.3 is 5.97 Å². The molecule has 6 nitrogen and oxygen atoms in total. The van der Waals surface area contributed by atoms with Crippen LogP contribution in [0.2, 0.25) is 0 Å². The number of carboxylic acids is 1. The summed E-state index contributed by atoms with van der Waals surface area (Å²) in [5.74, 6) is -1.61. The number of hydrogen-bond donors (Lipinski definition) is 1. The quantitative estimate of drug-likeness (QED) is 0.828. The zero-order valence-corrected chi connectivity index (χ0v) is 15.4. The normalized spacial score (nSPS) is 17.6. The Morgan fingerprint density at radius 3 is 2.56 bits per heavy atom. The van der Waals surface area contributed by atoms with Gasteiger partial charge in [-0.1, -0.05) is 24.3 Å². The number of carbonyl (C=O) groups excluding carboxylic acids is 2. The van der Waals surface area contributed by atoms with Crippen molar-refractivity contribution < 1.29 is 23.9 Å². The van der Waals surface area contributed by atoms with Gasteiger partial charge < -0.3 is 14.9 Å². The predicted octanol–water partition coefficient (Wildman–Crippen LogP) is 2.54. The van der Waals surface area contributed by atoms with E-state index in [4.69, 9.17) is 5.11 Å². The third-order valence-electron chi connectivity index (χ3n) is 4.67. The maximum absolute atomic E-state index is 12.9. The maximum atomic E-state index is 12.9. The molecule has 0 radical (unpaired) electrons. The molecule has 1 fully saturated rings. The van der Waals surface area contributed by atoms with Crippen molar-refractivity contribution in [3.05, 3.63) is 41.7 Å². The van der Waals surface area contributed by atoms with Gasteiger partial charge in [-0.2, -0.15) is 0 Å². The number of carboxylic acid groups (broad SMARTS) is 1. The Morgan fingerprint density at radius 2 is 1.93 bits per heavy atom. The highest BCUT2D eigenvalue weighted by Gasteiger charge is 2.27. The first-order valence-corrected chi connectivity index (χ1v) is 9.05. The first kappa shape index (κ1) is 20.6. The molecule has 1 saturated heterocycles. The fourth-order valence-electron chi connectivity index (χ4n) is 3.28. The number of nitrogens with zero attached hydrogens (tertiary/aromatic N) is 2. The first-order chi connectivity index (χ1) is 12.9. The summed E-state index contributed by atoms with van der Waals surface area (Å²) >= 11 is 0. The Hall–Kier alpha value is -2.70. The van der Waals surface area contributed by atoms with E-state index in [1.165, 1.54) is 24.0 Å². The Morgan fingerprint density at radius 1 is 1.22 bits per heavy atom. The van der Waals surface area contributed by atoms with Gasteiger partial charge in [0, 0.05) is 32.5 Å². The minimum absolute atomic E-state index is 0.0124. The second-order valence-electron chi connectivity index (χ2n) is 6.66. The van der Waals surface area contributed by atoms with Crippen molar-refractivity contribution in [3.63, 3.8) is 0 Å². The number of amides is 2. The molecular formula is C20H25FN2O4. The molecule has 0 bridgehead atoms. The maximum Gasteiger partial charge on any atom is 0.323 e. The Labute approximate surface area is 158 Å². The molecule has 2 rings (SSSR count). The van der Waals surface area contributed by atoms with Crippen molar-refractivity contribution in [3.8, 4) is 0 Å². The first-order valence-electron chi connectivity index (χ1n) is 9.05. The van der Waals surface area contributed by atoms with Gasteiger partial charge in [0.05, 0.1) is 0 Å². The van der Waals surface area contributed by atoms with Gasteiger partial charge in [0.15, 0.2) is 0 Å². The summed E-state index contributed by atoms with van der Waals surface area (Å²) in [4.78, 5) is 38.3. The molecule has 1 heterocycles. The average molecular weight is 376 g/mol. The van der Waals surface area contributed by atoms with Crippen LogP contribution in [0.5, 0.6) is 0 Å². The number of carbonyl (C=O) groups is 3. The van der Waals surface area contributed by atoms with Crippen molar-refractivity contribution in [1.82, 2.24) is 9.80 Å². The highest BCUT2D eigenvalue weighted by atomic mass is 19.1. The monoisotopic (exact) mass is 376 g/mol. The Bertz CT molecular complexity index is 702. The molecule has 1 N–H and O–H groups in total. The van der Waals surface area contributed by atoms with E-state index < -0.39 is 5.97 Å². The molecule has 146 valence electrons. The van der Waals surface area contributed by atoms with Crippen LogP contribution in [0, 0.1) is 5.82 Å². The topological polar surface area (TPSA) is 77.9 Å². The number of rotatable bonds is 6. The van der Waals surface area contributed by atoms with Gasteiger partial charge in [-0.25, -0.2) is 4.39 Å². The number of halogens is 1. The summed E-state index contributed by atoms with van der Waals surface area (Å²) in [6.45, 7) is 2.15. The summed E-state index contributed by atoms with van der Waals surface area (Å²) in [5, 5.41) is 8.99. The molecule has 0 aliphatic carbocycles. The third kappa shape index (κ3) is 6.51. The van der Waals surface area contributed by atoms with Crippen LogP contribution in [0.3, 0.4) is 0 Å². The molecule has 0 spiro atoms. The summed E-state index contributed by atoms with van der Waals surface area (Å²) in [7, 11) is 0. The van der Waals surface area contributed by atoms with Gasteiger partial charge in [-0.15, -0.1) is 0 Å². The van der Waals surface area contributed by atoms with Crippen LogP contribution < -0.4 is 0 Å². The van der Waals surface area contributed by atoms with E-state index in [1.807, 2.05) is 0 Å². The standard InChI is InChI=1S/C20H25FN2O4/c1-15(24)23(14-20(26)27)18-5-3-12-22(13-11-18)19(25)6-2-4-16-7-9-17(21)10-8-16/h2,4,7-10,18H,3,5-6,11-14H2,1H3,(H,26,27)/b4-2+. The predicted molar refractivity (Wildman–Crippen MR) is 99.3 cm³/mol. The van der Waals surface area contributed by atoms with E-state index in [1.54, 1.807) is 29.2 Å². The molecule has 1 aliphatic heterocycles. The fourth-order valence-corrected chi connectivity index (χ4v) is 3.28. The van der Waals surface area contributed by atoms with Crippen LogP contribution >= 0.6 is 0 Å². The van der Waals surface area contributed by atoms with Crippen LogP contribution in [0.1, 0.15) is 38.2 Å². The molecule has 1 aromatic rings. The van der Waals surface area contributed by atoms with Crippen molar-refractivity contribution in [2.24, 2.45) is 0 Å². The minimum Gasteiger partial charge on any atom is -0.480 e. The molecule has 1 aromatic carbocycles. The number of aliphatic carboxylic acids is 1. The zero-order chi connectivity index (χ0) is 19.8. The molecule has 1 atom stereocenters. The van der Waals surface area contributed by atoms with E-state index in [-0.39, 0.29) is 36.6 Å². The molecule has 0 saturated carbocycles.